The van der Waals surface area contributed by atoms with Gasteiger partial charge >= 0.3 is 0 Å². The Morgan fingerprint density at radius 1 is 1.29 bits per heavy atom. The van der Waals surface area contributed by atoms with E-state index in [-0.39, 0.29) is 0 Å². The van der Waals surface area contributed by atoms with Crippen LogP contribution in [-0.2, 0) is 0 Å². The van der Waals surface area contributed by atoms with Crippen LogP contribution in [0.1, 0.15) is 18.4 Å². The maximum atomic E-state index is 8.75. The van der Waals surface area contributed by atoms with Gasteiger partial charge < -0.3 is 4.90 Å². The van der Waals surface area contributed by atoms with Crippen LogP contribution in [-0.4, -0.2) is 42.1 Å². The molecule has 0 radical (unpaired) electrons. The van der Waals surface area contributed by atoms with Crippen LogP contribution in [0.5, 0.6) is 0 Å². The van der Waals surface area contributed by atoms with Crippen molar-refractivity contribution in [2.45, 2.75) is 18.9 Å². The Morgan fingerprint density at radius 2 is 2.24 bits per heavy atom. The number of hydrogen-bond acceptors (Lipinski definition) is 4. The monoisotopic (exact) mass is 228 g/mol. The van der Waals surface area contributed by atoms with Gasteiger partial charge in [0.2, 0.25) is 0 Å². The third-order valence-electron chi connectivity index (χ3n) is 3.79. The molecule has 88 valence electrons. The van der Waals surface area contributed by atoms with Crippen molar-refractivity contribution in [1.82, 2.24) is 9.88 Å². The predicted octanol–water partition coefficient (Wildman–Crippen LogP) is 1.24. The van der Waals surface area contributed by atoms with Gasteiger partial charge in [-0.25, -0.2) is 4.98 Å². The summed E-state index contributed by atoms with van der Waals surface area (Å²) in [5.74, 6) is 1.01. The molecular weight excluding hydrogens is 212 g/mol. The first-order valence-electron chi connectivity index (χ1n) is 6.22. The van der Waals surface area contributed by atoms with Gasteiger partial charge in [0.05, 0.1) is 5.56 Å². The van der Waals surface area contributed by atoms with Gasteiger partial charge in [-0.15, -0.1) is 0 Å². The fourth-order valence-corrected chi connectivity index (χ4v) is 2.84. The highest BCUT2D eigenvalue weighted by molar-refractivity contribution is 5.42. The molecule has 3 heterocycles. The number of fused-ring (bicyclic) bond motifs is 1. The van der Waals surface area contributed by atoms with Crippen molar-refractivity contribution in [2.24, 2.45) is 0 Å². The number of piperazine rings is 1. The number of anilines is 1. The third-order valence-corrected chi connectivity index (χ3v) is 3.79. The van der Waals surface area contributed by atoms with Gasteiger partial charge in [0.25, 0.3) is 0 Å². The van der Waals surface area contributed by atoms with Crippen molar-refractivity contribution in [2.75, 3.05) is 31.1 Å². The van der Waals surface area contributed by atoms with Gasteiger partial charge in [0.15, 0.2) is 0 Å². The molecule has 2 aliphatic heterocycles. The van der Waals surface area contributed by atoms with E-state index in [1.54, 1.807) is 6.20 Å². The summed E-state index contributed by atoms with van der Waals surface area (Å²) in [6.07, 6.45) is 4.31. The molecule has 4 nitrogen and oxygen atoms in total. The summed E-state index contributed by atoms with van der Waals surface area (Å²) in [6.45, 7) is 4.54. The van der Waals surface area contributed by atoms with Crippen LogP contribution < -0.4 is 4.90 Å². The third kappa shape index (κ3) is 1.98. The van der Waals surface area contributed by atoms with E-state index in [2.05, 4.69) is 20.9 Å². The second kappa shape index (κ2) is 4.34. The van der Waals surface area contributed by atoms with Crippen LogP contribution in [0, 0.1) is 11.3 Å². The first kappa shape index (κ1) is 10.5. The number of pyridine rings is 1. The van der Waals surface area contributed by atoms with Crippen LogP contribution >= 0.6 is 0 Å². The van der Waals surface area contributed by atoms with E-state index in [9.17, 15) is 0 Å². The van der Waals surface area contributed by atoms with Gasteiger partial charge in [-0.2, -0.15) is 5.26 Å². The molecule has 0 spiro atoms. The number of aromatic nitrogens is 1. The summed E-state index contributed by atoms with van der Waals surface area (Å²) >= 11 is 0. The second-order valence-corrected chi connectivity index (χ2v) is 4.79. The van der Waals surface area contributed by atoms with Crippen molar-refractivity contribution in [3.05, 3.63) is 23.9 Å². The fourth-order valence-electron chi connectivity index (χ4n) is 2.84. The highest BCUT2D eigenvalue weighted by atomic mass is 15.3. The van der Waals surface area contributed by atoms with Gasteiger partial charge in [0, 0.05) is 31.9 Å². The molecule has 2 saturated heterocycles. The second-order valence-electron chi connectivity index (χ2n) is 4.79. The summed E-state index contributed by atoms with van der Waals surface area (Å²) in [6, 6.07) is 6.63. The minimum absolute atomic E-state index is 0.633. The number of nitrogens with zero attached hydrogens (tertiary/aromatic N) is 4. The first-order chi connectivity index (χ1) is 8.36. The predicted molar refractivity (Wildman–Crippen MR) is 65.8 cm³/mol. The van der Waals surface area contributed by atoms with E-state index in [0.29, 0.717) is 11.6 Å². The molecule has 17 heavy (non-hydrogen) atoms. The van der Waals surface area contributed by atoms with Crippen molar-refractivity contribution in [3.63, 3.8) is 0 Å². The lowest BCUT2D eigenvalue weighted by Gasteiger charge is -2.38. The lowest BCUT2D eigenvalue weighted by atomic mass is 10.1. The van der Waals surface area contributed by atoms with Gasteiger partial charge in [0.1, 0.15) is 11.9 Å². The Kier molecular flexibility index (Phi) is 2.69. The van der Waals surface area contributed by atoms with E-state index in [4.69, 9.17) is 5.26 Å². The SMILES string of the molecule is N#Cc1ccc(N2CCN3CCCC3C2)nc1. The standard InChI is InChI=1S/C13H16N4/c14-8-11-3-4-13(15-9-11)17-7-6-16-5-1-2-12(16)10-17/h3-4,9,12H,1-2,5-7,10H2. The average Bonchev–Trinajstić information content (AvgIpc) is 2.86. The molecule has 0 bridgehead atoms. The molecule has 2 aliphatic rings. The Morgan fingerprint density at radius 3 is 3.00 bits per heavy atom. The zero-order chi connectivity index (χ0) is 11.7. The van der Waals surface area contributed by atoms with Crippen LogP contribution in [0.4, 0.5) is 5.82 Å². The molecule has 4 heteroatoms. The lowest BCUT2D eigenvalue weighted by molar-refractivity contribution is 0.230. The molecule has 2 fully saturated rings. The molecule has 0 aliphatic carbocycles. The van der Waals surface area contributed by atoms with Crippen LogP contribution in [0.15, 0.2) is 18.3 Å². The molecule has 1 unspecified atom stereocenters. The molecule has 0 aromatic carbocycles. The maximum Gasteiger partial charge on any atom is 0.128 e. The normalized spacial score (nSPS) is 24.4. The Hall–Kier alpha value is -1.60. The number of hydrogen-bond donors (Lipinski definition) is 0. The Labute approximate surface area is 101 Å². The molecule has 1 aromatic heterocycles. The summed E-state index contributed by atoms with van der Waals surface area (Å²) in [4.78, 5) is 9.30. The minimum Gasteiger partial charge on any atom is -0.354 e. The Balaban J connectivity index is 1.74. The van der Waals surface area contributed by atoms with Crippen LogP contribution in [0.2, 0.25) is 0 Å². The summed E-state index contributed by atoms with van der Waals surface area (Å²) < 4.78 is 0. The maximum absolute atomic E-state index is 8.75. The van der Waals surface area contributed by atoms with Crippen molar-refractivity contribution < 1.29 is 0 Å². The smallest absolute Gasteiger partial charge is 0.128 e. The van der Waals surface area contributed by atoms with Gasteiger partial charge in [-0.3, -0.25) is 4.90 Å². The van der Waals surface area contributed by atoms with Gasteiger partial charge in [-0.1, -0.05) is 0 Å². The lowest BCUT2D eigenvalue weighted by Crippen LogP contribution is -2.50. The molecule has 0 saturated carbocycles. The highest BCUT2D eigenvalue weighted by Crippen LogP contribution is 2.24. The first-order valence-corrected chi connectivity index (χ1v) is 6.22. The molecule has 0 N–H and O–H groups in total. The molecule has 3 rings (SSSR count). The zero-order valence-electron chi connectivity index (χ0n) is 9.84. The van der Waals surface area contributed by atoms with Crippen LogP contribution in [0.3, 0.4) is 0 Å². The zero-order valence-corrected chi connectivity index (χ0v) is 9.84. The topological polar surface area (TPSA) is 43.2 Å². The quantitative estimate of drug-likeness (QED) is 0.725. The van der Waals surface area contributed by atoms with E-state index < -0.39 is 0 Å². The number of rotatable bonds is 1. The molecular formula is C13H16N4. The Bertz CT molecular complexity index is 434. The van der Waals surface area contributed by atoms with Crippen LogP contribution in [0.25, 0.3) is 0 Å². The van der Waals surface area contributed by atoms with Crippen molar-refractivity contribution in [3.8, 4) is 6.07 Å². The van der Waals surface area contributed by atoms with Gasteiger partial charge in [-0.05, 0) is 31.5 Å². The summed E-state index contributed by atoms with van der Waals surface area (Å²) in [7, 11) is 0. The van der Waals surface area contributed by atoms with Crippen molar-refractivity contribution >= 4 is 5.82 Å². The highest BCUT2D eigenvalue weighted by Gasteiger charge is 2.30. The van der Waals surface area contributed by atoms with Crippen molar-refractivity contribution in [1.29, 1.82) is 5.26 Å². The summed E-state index contributed by atoms with van der Waals surface area (Å²) in [5, 5.41) is 8.75. The largest absolute Gasteiger partial charge is 0.354 e. The molecule has 1 atom stereocenters. The molecule has 1 aromatic rings. The fraction of sp³-hybridized carbons (Fsp3) is 0.538. The van der Waals surface area contributed by atoms with E-state index in [0.717, 1.165) is 25.5 Å². The van der Waals surface area contributed by atoms with E-state index >= 15 is 0 Å². The van der Waals surface area contributed by atoms with E-state index in [1.165, 1.54) is 19.4 Å². The molecule has 0 amide bonds. The number of nitriles is 1. The average molecular weight is 228 g/mol. The summed E-state index contributed by atoms with van der Waals surface area (Å²) in [5.41, 5.74) is 0.633. The van der Waals surface area contributed by atoms with E-state index in [1.807, 2.05) is 12.1 Å². The minimum atomic E-state index is 0.633.